The third-order valence-electron chi connectivity index (χ3n) is 4.96. The minimum absolute atomic E-state index is 0.162. The highest BCUT2D eigenvalue weighted by Gasteiger charge is 2.26. The van der Waals surface area contributed by atoms with Crippen LogP contribution in [0.2, 0.25) is 0 Å². The number of nitrogens with zero attached hydrogens (tertiary/aromatic N) is 2. The average molecular weight is 277 g/mol. The van der Waals surface area contributed by atoms with E-state index in [-0.39, 0.29) is 12.1 Å². The molecule has 4 heteroatoms. The van der Waals surface area contributed by atoms with Crippen LogP contribution in [0.15, 0.2) is 6.20 Å². The Bertz CT molecular complexity index is 437. The summed E-state index contributed by atoms with van der Waals surface area (Å²) in [6.45, 7) is 0.849. The van der Waals surface area contributed by atoms with Gasteiger partial charge in [-0.1, -0.05) is 19.3 Å². The first-order valence-corrected chi connectivity index (χ1v) is 8.18. The first-order valence-electron chi connectivity index (χ1n) is 8.18. The first kappa shape index (κ1) is 14.1. The van der Waals surface area contributed by atoms with Gasteiger partial charge in [-0.25, -0.2) is 0 Å². The Hall–Kier alpha value is -0.870. The largest absolute Gasteiger partial charge is 0.392 e. The van der Waals surface area contributed by atoms with Gasteiger partial charge in [0.15, 0.2) is 0 Å². The fourth-order valence-electron chi connectivity index (χ4n) is 3.83. The molecule has 3 rings (SSSR count). The van der Waals surface area contributed by atoms with Gasteiger partial charge in [0.1, 0.15) is 0 Å². The van der Waals surface area contributed by atoms with E-state index in [0.717, 1.165) is 25.8 Å². The topological polar surface area (TPSA) is 50.1 Å². The molecule has 0 unspecified atom stereocenters. The number of aromatic nitrogens is 2. The molecule has 0 bridgehead atoms. The summed E-state index contributed by atoms with van der Waals surface area (Å²) in [7, 11) is 2.01. The molecule has 2 N–H and O–H groups in total. The molecule has 2 fully saturated rings. The fraction of sp³-hybridized carbons (Fsp3) is 0.812. The van der Waals surface area contributed by atoms with Crippen LogP contribution < -0.4 is 5.32 Å². The van der Waals surface area contributed by atoms with E-state index in [4.69, 9.17) is 5.10 Å². The van der Waals surface area contributed by atoms with Gasteiger partial charge in [-0.15, -0.1) is 0 Å². The van der Waals surface area contributed by atoms with Crippen LogP contribution in [0.25, 0.3) is 0 Å². The van der Waals surface area contributed by atoms with Gasteiger partial charge >= 0.3 is 0 Å². The zero-order valence-electron chi connectivity index (χ0n) is 12.5. The molecule has 20 heavy (non-hydrogen) atoms. The summed E-state index contributed by atoms with van der Waals surface area (Å²) in [5.41, 5.74) is 2.63. The normalized spacial score (nSPS) is 28.1. The van der Waals surface area contributed by atoms with Crippen LogP contribution >= 0.6 is 0 Å². The van der Waals surface area contributed by atoms with Crippen molar-refractivity contribution in [3.05, 3.63) is 17.5 Å². The molecule has 2 saturated carbocycles. The number of hydrogen-bond acceptors (Lipinski definition) is 3. The van der Waals surface area contributed by atoms with Crippen molar-refractivity contribution in [2.45, 2.75) is 76.0 Å². The van der Waals surface area contributed by atoms with E-state index in [0.29, 0.717) is 5.92 Å². The molecule has 2 aliphatic carbocycles. The Morgan fingerprint density at radius 1 is 1.20 bits per heavy atom. The smallest absolute Gasteiger partial charge is 0.0700 e. The Morgan fingerprint density at radius 2 is 2.00 bits per heavy atom. The number of nitrogens with one attached hydrogen (secondary N) is 1. The van der Waals surface area contributed by atoms with Gasteiger partial charge in [-0.3, -0.25) is 4.68 Å². The number of aliphatic hydroxyl groups is 1. The van der Waals surface area contributed by atoms with Crippen LogP contribution in [-0.2, 0) is 13.6 Å². The molecule has 0 aliphatic heterocycles. The molecule has 0 amide bonds. The quantitative estimate of drug-likeness (QED) is 0.889. The van der Waals surface area contributed by atoms with Gasteiger partial charge in [0.25, 0.3) is 0 Å². The van der Waals surface area contributed by atoms with E-state index in [1.165, 1.54) is 43.4 Å². The number of aliphatic hydroxyl groups excluding tert-OH is 1. The number of aryl methyl sites for hydroxylation is 1. The zero-order chi connectivity index (χ0) is 13.9. The van der Waals surface area contributed by atoms with Gasteiger partial charge in [-0.2, -0.15) is 5.10 Å². The molecule has 1 heterocycles. The lowest BCUT2D eigenvalue weighted by atomic mass is 9.85. The van der Waals surface area contributed by atoms with Crippen molar-refractivity contribution in [3.63, 3.8) is 0 Å². The van der Waals surface area contributed by atoms with Crippen LogP contribution in [0.5, 0.6) is 0 Å². The summed E-state index contributed by atoms with van der Waals surface area (Å²) in [5.74, 6) is 0.648. The Kier molecular flexibility index (Phi) is 4.41. The van der Waals surface area contributed by atoms with Crippen LogP contribution in [0.1, 0.15) is 68.5 Å². The summed E-state index contributed by atoms with van der Waals surface area (Å²) < 4.78 is 1.95. The predicted octanol–water partition coefficient (Wildman–Crippen LogP) is 2.47. The van der Waals surface area contributed by atoms with Gasteiger partial charge in [0.05, 0.1) is 11.8 Å². The SMILES string of the molecule is Cn1cc(CN[C@@H]2CCC[C@H]2O)c(C2CCCCC2)n1. The lowest BCUT2D eigenvalue weighted by Crippen LogP contribution is -2.35. The molecule has 112 valence electrons. The van der Waals surface area contributed by atoms with Crippen molar-refractivity contribution in [3.8, 4) is 0 Å². The zero-order valence-corrected chi connectivity index (χ0v) is 12.5. The third kappa shape index (κ3) is 3.07. The summed E-state index contributed by atoms with van der Waals surface area (Å²) in [4.78, 5) is 0. The summed E-state index contributed by atoms with van der Waals surface area (Å²) in [6.07, 6.45) is 11.8. The summed E-state index contributed by atoms with van der Waals surface area (Å²) in [5, 5.41) is 18.2. The number of hydrogen-bond donors (Lipinski definition) is 2. The number of rotatable bonds is 4. The highest BCUT2D eigenvalue weighted by Crippen LogP contribution is 2.33. The minimum atomic E-state index is -0.162. The second-order valence-electron chi connectivity index (χ2n) is 6.53. The molecule has 0 radical (unpaired) electrons. The van der Waals surface area contributed by atoms with Crippen molar-refractivity contribution in [2.75, 3.05) is 0 Å². The van der Waals surface area contributed by atoms with Crippen LogP contribution in [0.4, 0.5) is 0 Å². The highest BCUT2D eigenvalue weighted by atomic mass is 16.3. The first-order chi connectivity index (χ1) is 9.74. The molecule has 0 saturated heterocycles. The molecule has 1 aromatic heterocycles. The van der Waals surface area contributed by atoms with Crippen LogP contribution in [0.3, 0.4) is 0 Å². The molecular formula is C16H27N3O. The Labute approximate surface area is 121 Å². The lowest BCUT2D eigenvalue weighted by molar-refractivity contribution is 0.148. The maximum Gasteiger partial charge on any atom is 0.0700 e. The van der Waals surface area contributed by atoms with E-state index in [9.17, 15) is 5.11 Å². The van der Waals surface area contributed by atoms with Crippen molar-refractivity contribution in [1.82, 2.24) is 15.1 Å². The van der Waals surface area contributed by atoms with E-state index < -0.39 is 0 Å². The standard InChI is InChI=1S/C16H27N3O/c1-19-11-13(10-17-14-8-5-9-15(14)20)16(18-19)12-6-3-2-4-7-12/h11-12,14-15,17,20H,2-10H2,1H3/t14-,15-/m1/s1. The summed E-state index contributed by atoms with van der Waals surface area (Å²) in [6, 6.07) is 0.273. The van der Waals surface area contributed by atoms with Gasteiger partial charge in [-0.05, 0) is 32.1 Å². The van der Waals surface area contributed by atoms with Crippen LogP contribution in [-0.4, -0.2) is 27.0 Å². The molecule has 0 spiro atoms. The Balaban J connectivity index is 1.66. The molecule has 0 aromatic carbocycles. The van der Waals surface area contributed by atoms with Crippen molar-refractivity contribution >= 4 is 0 Å². The van der Waals surface area contributed by atoms with Gasteiger partial charge in [0.2, 0.25) is 0 Å². The average Bonchev–Trinajstić information content (AvgIpc) is 3.03. The van der Waals surface area contributed by atoms with Gasteiger partial charge < -0.3 is 10.4 Å². The molecule has 2 atom stereocenters. The lowest BCUT2D eigenvalue weighted by Gasteiger charge is -2.22. The van der Waals surface area contributed by atoms with E-state index in [1.807, 2.05) is 11.7 Å². The van der Waals surface area contributed by atoms with Crippen LogP contribution in [0, 0.1) is 0 Å². The third-order valence-corrected chi connectivity index (χ3v) is 4.96. The van der Waals surface area contributed by atoms with Crippen molar-refractivity contribution < 1.29 is 5.11 Å². The van der Waals surface area contributed by atoms with Crippen molar-refractivity contribution in [2.24, 2.45) is 7.05 Å². The molecule has 4 nitrogen and oxygen atoms in total. The van der Waals surface area contributed by atoms with E-state index in [1.54, 1.807) is 0 Å². The maximum atomic E-state index is 9.91. The fourth-order valence-corrected chi connectivity index (χ4v) is 3.83. The van der Waals surface area contributed by atoms with Crippen molar-refractivity contribution in [1.29, 1.82) is 0 Å². The summed E-state index contributed by atoms with van der Waals surface area (Å²) >= 11 is 0. The van der Waals surface area contributed by atoms with E-state index >= 15 is 0 Å². The Morgan fingerprint density at radius 3 is 2.70 bits per heavy atom. The predicted molar refractivity (Wildman–Crippen MR) is 79.5 cm³/mol. The maximum absolute atomic E-state index is 9.91. The van der Waals surface area contributed by atoms with Gasteiger partial charge in [0, 0.05) is 37.3 Å². The molecule has 1 aromatic rings. The highest BCUT2D eigenvalue weighted by molar-refractivity contribution is 5.21. The second kappa shape index (κ2) is 6.27. The monoisotopic (exact) mass is 277 g/mol. The second-order valence-corrected chi connectivity index (χ2v) is 6.53. The molecule has 2 aliphatic rings. The molecular weight excluding hydrogens is 250 g/mol. The van der Waals surface area contributed by atoms with E-state index in [2.05, 4.69) is 11.5 Å². The minimum Gasteiger partial charge on any atom is -0.392 e.